The van der Waals surface area contributed by atoms with E-state index in [2.05, 4.69) is 4.74 Å². The number of nitrogens with zero attached hydrogens (tertiary/aromatic N) is 1. The Hall–Kier alpha value is -4.93. The highest BCUT2D eigenvalue weighted by Crippen LogP contribution is 2.12. The number of hydrogen-bond acceptors (Lipinski definition) is 12. The molecular formula is C40H44Cl3NO11. The number of esters is 3. The summed E-state index contributed by atoms with van der Waals surface area (Å²) < 4.78 is 14.4. The molecule has 0 aromatic heterocycles. The molecule has 1 atom stereocenters. The first-order valence-corrected chi connectivity index (χ1v) is 18.1. The molecule has 1 N–H and O–H groups in total. The van der Waals surface area contributed by atoms with Gasteiger partial charge in [0.05, 0.1) is 42.5 Å². The number of alkyl halides is 2. The lowest BCUT2D eigenvalue weighted by Crippen LogP contribution is -2.27. The highest BCUT2D eigenvalue weighted by Gasteiger charge is 2.21. The fourth-order valence-electron chi connectivity index (χ4n) is 3.72. The van der Waals surface area contributed by atoms with Gasteiger partial charge in [-0.2, -0.15) is 5.26 Å². The topological polar surface area (TPSA) is 191 Å². The van der Waals surface area contributed by atoms with Gasteiger partial charge in [0.2, 0.25) is 0 Å². The van der Waals surface area contributed by atoms with E-state index >= 15 is 0 Å². The van der Waals surface area contributed by atoms with Crippen molar-refractivity contribution in [3.05, 3.63) is 107 Å². The summed E-state index contributed by atoms with van der Waals surface area (Å²) in [4.78, 5) is 77.8. The van der Waals surface area contributed by atoms with Crippen LogP contribution in [0.3, 0.4) is 0 Å². The van der Waals surface area contributed by atoms with Gasteiger partial charge < -0.3 is 19.3 Å². The molecule has 0 amide bonds. The molecule has 15 heteroatoms. The van der Waals surface area contributed by atoms with E-state index in [-0.39, 0.29) is 55.0 Å². The summed E-state index contributed by atoms with van der Waals surface area (Å²) in [5.74, 6) is -2.85. The van der Waals surface area contributed by atoms with Gasteiger partial charge in [-0.1, -0.05) is 72.3 Å². The van der Waals surface area contributed by atoms with Crippen LogP contribution in [-0.2, 0) is 33.4 Å². The monoisotopic (exact) mass is 819 g/mol. The molecule has 3 aromatic carbocycles. The van der Waals surface area contributed by atoms with Crippen LogP contribution in [0.2, 0.25) is 5.02 Å². The molecule has 0 spiro atoms. The summed E-state index contributed by atoms with van der Waals surface area (Å²) in [6, 6.07) is 25.7. The number of hydrogen-bond donors (Lipinski definition) is 1. The van der Waals surface area contributed by atoms with E-state index in [1.807, 2.05) is 12.1 Å². The van der Waals surface area contributed by atoms with Gasteiger partial charge in [-0.05, 0) is 52.0 Å². The molecule has 0 saturated carbocycles. The van der Waals surface area contributed by atoms with E-state index in [1.165, 1.54) is 0 Å². The Morgan fingerprint density at radius 3 is 1.76 bits per heavy atom. The standard InChI is InChI=1S/C17H22O6.C9H7NO.C8H6Cl2O.C6H9ClO3/c1-17(2,3)23-15(20)10-13(18)9-14(19)11-22-16(21)12-7-5-4-6-8-12;10-7-6-9(11)8-4-2-1-3-5-8;9-5-8(11)6-2-1-3-7(10)4-6;1-2-10-6(9)3-5(8)4-7/h4-8,14,19H,9-11H2,1-3H3;1-5H,6H2;1-4H,5H2;2-4H2,1H3/t14-;;;/m0.../s1. The van der Waals surface area contributed by atoms with Crippen molar-refractivity contribution in [2.75, 3.05) is 25.0 Å². The lowest BCUT2D eigenvalue weighted by atomic mass is 10.1. The first kappa shape index (κ1) is 50.1. The van der Waals surface area contributed by atoms with Gasteiger partial charge in [-0.3, -0.25) is 28.8 Å². The predicted octanol–water partition coefficient (Wildman–Crippen LogP) is 7.19. The fourth-order valence-corrected chi connectivity index (χ4v) is 4.16. The van der Waals surface area contributed by atoms with Gasteiger partial charge in [-0.25, -0.2) is 4.79 Å². The van der Waals surface area contributed by atoms with Gasteiger partial charge >= 0.3 is 17.9 Å². The van der Waals surface area contributed by atoms with E-state index < -0.39 is 41.8 Å². The zero-order valence-corrected chi connectivity index (χ0v) is 33.2. The minimum atomic E-state index is -1.16. The van der Waals surface area contributed by atoms with Gasteiger partial charge in [0.15, 0.2) is 17.3 Å². The quantitative estimate of drug-likeness (QED) is 0.0535. The number of benzene rings is 3. The second-order valence-electron chi connectivity index (χ2n) is 12.0. The summed E-state index contributed by atoms with van der Waals surface area (Å²) in [5.41, 5.74) is 0.864. The van der Waals surface area contributed by atoms with Crippen LogP contribution in [0.5, 0.6) is 0 Å². The molecule has 3 rings (SSSR count). The van der Waals surface area contributed by atoms with Crippen LogP contribution in [0.25, 0.3) is 0 Å². The maximum absolute atomic E-state index is 11.7. The van der Waals surface area contributed by atoms with E-state index in [0.717, 1.165) is 0 Å². The first-order valence-electron chi connectivity index (χ1n) is 16.6. The number of rotatable bonds is 15. The summed E-state index contributed by atoms with van der Waals surface area (Å²) in [6.45, 7) is 6.78. The number of carbonyl (C=O) groups excluding carboxylic acids is 7. The molecule has 55 heavy (non-hydrogen) atoms. The third kappa shape index (κ3) is 25.7. The van der Waals surface area contributed by atoms with Crippen molar-refractivity contribution in [2.45, 2.75) is 65.1 Å². The molecule has 0 bridgehead atoms. The van der Waals surface area contributed by atoms with Gasteiger partial charge in [-0.15, -0.1) is 23.2 Å². The molecule has 0 aliphatic carbocycles. The second-order valence-corrected chi connectivity index (χ2v) is 12.9. The largest absolute Gasteiger partial charge is 0.466 e. The van der Waals surface area contributed by atoms with Crippen molar-refractivity contribution < 1.29 is 52.9 Å². The number of aliphatic hydroxyl groups is 1. The second kappa shape index (κ2) is 28.5. The normalized spacial score (nSPS) is 10.5. The molecular weight excluding hydrogens is 777 g/mol. The van der Waals surface area contributed by atoms with Crippen LogP contribution in [0.1, 0.15) is 84.5 Å². The minimum Gasteiger partial charge on any atom is -0.466 e. The third-order valence-corrected chi connectivity index (χ3v) is 6.82. The summed E-state index contributed by atoms with van der Waals surface area (Å²) in [5, 5.41) is 18.5. The number of nitriles is 1. The maximum atomic E-state index is 11.7. The van der Waals surface area contributed by atoms with Crippen molar-refractivity contribution in [1.29, 1.82) is 5.26 Å². The number of aliphatic hydroxyl groups excluding tert-OH is 1. The molecule has 0 radical (unpaired) electrons. The number of halogens is 3. The molecule has 12 nitrogen and oxygen atoms in total. The van der Waals surface area contributed by atoms with Gasteiger partial charge in [0, 0.05) is 22.6 Å². The predicted molar refractivity (Wildman–Crippen MR) is 207 cm³/mol. The van der Waals surface area contributed by atoms with E-state index in [0.29, 0.717) is 28.3 Å². The molecule has 0 aliphatic heterocycles. The Balaban J connectivity index is 0.000000766. The Kier molecular flexibility index (Phi) is 25.9. The van der Waals surface area contributed by atoms with Crippen LogP contribution in [0.15, 0.2) is 84.9 Å². The number of ether oxygens (including phenoxy) is 3. The third-order valence-electron chi connectivity index (χ3n) is 6.04. The summed E-state index contributed by atoms with van der Waals surface area (Å²) in [6.07, 6.45) is -2.10. The SMILES string of the molecule is CC(C)(C)OC(=O)CC(=O)C[C@H](O)COC(=O)c1ccccc1.CCOC(=O)CC(=O)CCl.N#CCC(=O)c1ccccc1.O=C(CCl)c1cccc(Cl)c1. The smallest absolute Gasteiger partial charge is 0.338 e. The zero-order valence-electron chi connectivity index (χ0n) is 30.9. The highest BCUT2D eigenvalue weighted by atomic mass is 35.5. The number of carbonyl (C=O) groups is 7. The van der Waals surface area contributed by atoms with E-state index in [9.17, 15) is 38.7 Å². The molecule has 0 saturated heterocycles. The molecule has 0 fully saturated rings. The minimum absolute atomic E-state index is 0.000340. The summed E-state index contributed by atoms with van der Waals surface area (Å²) >= 11 is 16.1. The van der Waals surface area contributed by atoms with Crippen molar-refractivity contribution in [1.82, 2.24) is 0 Å². The average molecular weight is 821 g/mol. The Morgan fingerprint density at radius 1 is 0.727 bits per heavy atom. The Labute approximate surface area is 335 Å². The molecule has 3 aromatic rings. The Bertz CT molecular complexity index is 1720. The van der Waals surface area contributed by atoms with E-state index in [1.54, 1.807) is 107 Å². The maximum Gasteiger partial charge on any atom is 0.338 e. The first-order chi connectivity index (χ1) is 26.0. The zero-order chi connectivity index (χ0) is 41.8. The Morgan fingerprint density at radius 2 is 1.27 bits per heavy atom. The molecule has 296 valence electrons. The lowest BCUT2D eigenvalue weighted by Gasteiger charge is -2.19. The number of ketones is 4. The van der Waals surface area contributed by atoms with Crippen LogP contribution in [0.4, 0.5) is 0 Å². The van der Waals surface area contributed by atoms with Crippen molar-refractivity contribution in [3.8, 4) is 6.07 Å². The van der Waals surface area contributed by atoms with Crippen LogP contribution in [-0.4, -0.2) is 82.8 Å². The van der Waals surface area contributed by atoms with Gasteiger partial charge in [0.25, 0.3) is 0 Å². The molecule has 0 unspecified atom stereocenters. The van der Waals surface area contributed by atoms with E-state index in [4.69, 9.17) is 49.5 Å². The van der Waals surface area contributed by atoms with Crippen molar-refractivity contribution in [2.24, 2.45) is 0 Å². The highest BCUT2D eigenvalue weighted by molar-refractivity contribution is 6.32. The van der Waals surface area contributed by atoms with Crippen molar-refractivity contribution in [3.63, 3.8) is 0 Å². The van der Waals surface area contributed by atoms with Crippen LogP contribution >= 0.6 is 34.8 Å². The van der Waals surface area contributed by atoms with Crippen LogP contribution < -0.4 is 0 Å². The molecule has 0 heterocycles. The van der Waals surface area contributed by atoms with Crippen LogP contribution in [0, 0.1) is 11.3 Å². The summed E-state index contributed by atoms with van der Waals surface area (Å²) in [7, 11) is 0. The fraction of sp³-hybridized carbons (Fsp3) is 0.350. The average Bonchev–Trinajstić information content (AvgIpc) is 3.14. The number of Topliss-reactive ketones (excluding diaryl/α,β-unsaturated/α-hetero) is 4. The van der Waals surface area contributed by atoms with Gasteiger partial charge in [0.1, 0.15) is 30.8 Å². The van der Waals surface area contributed by atoms with Crippen molar-refractivity contribution >= 4 is 75.8 Å². The lowest BCUT2D eigenvalue weighted by molar-refractivity contribution is -0.156. The molecule has 0 aliphatic rings.